The molecule has 0 radical (unpaired) electrons. The Morgan fingerprint density at radius 1 is 1.15 bits per heavy atom. The third-order valence-electron chi connectivity index (χ3n) is 4.21. The van der Waals surface area contributed by atoms with Gasteiger partial charge in [0.2, 0.25) is 5.91 Å². The van der Waals surface area contributed by atoms with Gasteiger partial charge in [-0.3, -0.25) is 14.3 Å². The van der Waals surface area contributed by atoms with Crippen LogP contribution in [0.15, 0.2) is 59.4 Å². The van der Waals surface area contributed by atoms with Gasteiger partial charge in [0.15, 0.2) is 0 Å². The summed E-state index contributed by atoms with van der Waals surface area (Å²) in [5.41, 5.74) is 2.59. The highest BCUT2D eigenvalue weighted by atomic mass is 35.5. The molecule has 0 bridgehead atoms. The predicted octanol–water partition coefficient (Wildman–Crippen LogP) is 4.01. The molecule has 0 atom stereocenters. The Kier molecular flexibility index (Phi) is 6.08. The number of hydrogen-bond donors (Lipinski definition) is 1. The quantitative estimate of drug-likeness (QED) is 0.679. The number of carbonyl (C=O) groups excluding carboxylic acids is 1. The molecule has 0 aliphatic carbocycles. The topological polar surface area (TPSA) is 56.0 Å². The molecule has 140 valence electrons. The van der Waals surface area contributed by atoms with Crippen molar-refractivity contribution in [3.8, 4) is 5.69 Å². The number of rotatable bonds is 6. The normalized spacial score (nSPS) is 10.8. The van der Waals surface area contributed by atoms with E-state index in [0.717, 1.165) is 11.3 Å². The summed E-state index contributed by atoms with van der Waals surface area (Å²) in [7, 11) is 1.80. The fraction of sp³-hybridized carbons (Fsp3) is 0.200. The maximum atomic E-state index is 12.8. The van der Waals surface area contributed by atoms with Crippen LogP contribution in [0.1, 0.15) is 11.3 Å². The number of amides is 1. The highest BCUT2D eigenvalue weighted by Crippen LogP contribution is 2.18. The number of thioether (sulfide) groups is 1. The van der Waals surface area contributed by atoms with E-state index in [1.165, 1.54) is 11.8 Å². The number of carbonyl (C=O) groups is 1. The lowest BCUT2D eigenvalue weighted by molar-refractivity contribution is -0.113. The smallest absolute Gasteiger partial charge is 0.295 e. The van der Waals surface area contributed by atoms with E-state index in [-0.39, 0.29) is 17.2 Å². The van der Waals surface area contributed by atoms with Crippen LogP contribution < -0.4 is 10.9 Å². The number of halogens is 1. The lowest BCUT2D eigenvalue weighted by Crippen LogP contribution is -2.23. The molecule has 0 aliphatic heterocycles. The van der Waals surface area contributed by atoms with Gasteiger partial charge in [0.05, 0.1) is 17.1 Å². The molecule has 0 saturated heterocycles. The lowest BCUT2D eigenvalue weighted by atomic mass is 10.2. The highest BCUT2D eigenvalue weighted by Gasteiger charge is 2.17. The first-order valence-corrected chi connectivity index (χ1v) is 9.96. The van der Waals surface area contributed by atoms with E-state index >= 15 is 0 Å². The molecule has 0 unspecified atom stereocenters. The predicted molar refractivity (Wildman–Crippen MR) is 112 cm³/mol. The Balaban J connectivity index is 1.68. The summed E-state index contributed by atoms with van der Waals surface area (Å²) in [4.78, 5) is 25.1. The molecular weight excluding hydrogens is 382 g/mol. The Labute approximate surface area is 166 Å². The van der Waals surface area contributed by atoms with Gasteiger partial charge in [0.25, 0.3) is 5.56 Å². The third kappa shape index (κ3) is 4.46. The van der Waals surface area contributed by atoms with Gasteiger partial charge in [-0.2, -0.15) is 0 Å². The van der Waals surface area contributed by atoms with Gasteiger partial charge < -0.3 is 5.32 Å². The Bertz CT molecular complexity index is 1010. The summed E-state index contributed by atoms with van der Waals surface area (Å²) in [6.07, 6.45) is 0. The van der Waals surface area contributed by atoms with E-state index < -0.39 is 0 Å². The van der Waals surface area contributed by atoms with Gasteiger partial charge in [-0.05, 0) is 36.8 Å². The van der Waals surface area contributed by atoms with Gasteiger partial charge in [-0.1, -0.05) is 41.9 Å². The van der Waals surface area contributed by atoms with E-state index in [0.29, 0.717) is 22.2 Å². The molecule has 1 amide bonds. The second kappa shape index (κ2) is 8.50. The summed E-state index contributed by atoms with van der Waals surface area (Å²) in [5.74, 6) is 0.731. The van der Waals surface area contributed by atoms with Gasteiger partial charge in [-0.15, -0.1) is 11.8 Å². The maximum absolute atomic E-state index is 12.8. The van der Waals surface area contributed by atoms with Crippen molar-refractivity contribution in [2.75, 3.05) is 11.1 Å². The third-order valence-corrected chi connectivity index (χ3v) is 5.45. The SMILES string of the molecule is Cc1c(NC(=O)CSCc2cccc(Cl)c2)c(=O)n(-c2ccccc2)n1C. The number of nitrogens with one attached hydrogen (secondary N) is 1. The van der Waals surface area contributed by atoms with E-state index in [1.807, 2.05) is 61.5 Å². The van der Waals surface area contributed by atoms with Crippen molar-refractivity contribution in [2.45, 2.75) is 12.7 Å². The van der Waals surface area contributed by atoms with Gasteiger partial charge in [0.1, 0.15) is 5.69 Å². The van der Waals surface area contributed by atoms with E-state index in [2.05, 4.69) is 5.32 Å². The standard InChI is InChI=1S/C20H20ClN3O2S/c1-14-19(20(26)24(23(14)2)17-9-4-3-5-10-17)22-18(25)13-27-12-15-7-6-8-16(21)11-15/h3-11H,12-13H2,1-2H3,(H,22,25). The summed E-state index contributed by atoms with van der Waals surface area (Å²) < 4.78 is 3.29. The monoisotopic (exact) mass is 401 g/mol. The summed E-state index contributed by atoms with van der Waals surface area (Å²) in [5, 5.41) is 3.45. The molecule has 0 saturated carbocycles. The molecular formula is C20H20ClN3O2S. The van der Waals surface area contributed by atoms with Crippen molar-refractivity contribution in [3.63, 3.8) is 0 Å². The van der Waals surface area contributed by atoms with Crippen LogP contribution in [-0.4, -0.2) is 21.0 Å². The van der Waals surface area contributed by atoms with Crippen LogP contribution in [0, 0.1) is 6.92 Å². The van der Waals surface area contributed by atoms with Gasteiger partial charge in [-0.25, -0.2) is 4.68 Å². The average molecular weight is 402 g/mol. The Hall–Kier alpha value is -2.44. The summed E-state index contributed by atoms with van der Waals surface area (Å²) in [6, 6.07) is 16.9. The van der Waals surface area contributed by atoms with Crippen LogP contribution in [0.3, 0.4) is 0 Å². The zero-order chi connectivity index (χ0) is 19.4. The van der Waals surface area contributed by atoms with Gasteiger partial charge in [0, 0.05) is 17.8 Å². The zero-order valence-electron chi connectivity index (χ0n) is 15.1. The molecule has 1 aromatic heterocycles. The van der Waals surface area contributed by atoms with Crippen molar-refractivity contribution in [1.29, 1.82) is 0 Å². The van der Waals surface area contributed by atoms with E-state index in [1.54, 1.807) is 16.4 Å². The Morgan fingerprint density at radius 3 is 2.59 bits per heavy atom. The number of benzene rings is 2. The number of aromatic nitrogens is 2. The van der Waals surface area contributed by atoms with Crippen LogP contribution in [0.4, 0.5) is 5.69 Å². The molecule has 27 heavy (non-hydrogen) atoms. The minimum Gasteiger partial charge on any atom is -0.319 e. The van der Waals surface area contributed by atoms with Crippen LogP contribution in [0.2, 0.25) is 5.02 Å². The van der Waals surface area contributed by atoms with Crippen LogP contribution in [-0.2, 0) is 17.6 Å². The average Bonchev–Trinajstić information content (AvgIpc) is 2.86. The first kappa shape index (κ1) is 19.3. The molecule has 0 aliphatic rings. The van der Waals surface area contributed by atoms with Crippen molar-refractivity contribution < 1.29 is 4.79 Å². The van der Waals surface area contributed by atoms with E-state index in [4.69, 9.17) is 11.6 Å². The molecule has 3 aromatic rings. The molecule has 2 aromatic carbocycles. The fourth-order valence-electron chi connectivity index (χ4n) is 2.78. The molecule has 7 heteroatoms. The largest absolute Gasteiger partial charge is 0.319 e. The van der Waals surface area contributed by atoms with Crippen LogP contribution in [0.25, 0.3) is 5.69 Å². The molecule has 0 fully saturated rings. The van der Waals surface area contributed by atoms with E-state index in [9.17, 15) is 9.59 Å². The van der Waals surface area contributed by atoms with Gasteiger partial charge >= 0.3 is 0 Å². The number of anilines is 1. The maximum Gasteiger partial charge on any atom is 0.295 e. The number of hydrogen-bond acceptors (Lipinski definition) is 3. The van der Waals surface area contributed by atoms with Crippen molar-refractivity contribution in [1.82, 2.24) is 9.36 Å². The van der Waals surface area contributed by atoms with Crippen molar-refractivity contribution in [3.05, 3.63) is 81.2 Å². The first-order valence-electron chi connectivity index (χ1n) is 8.43. The molecule has 1 heterocycles. The Morgan fingerprint density at radius 2 is 1.89 bits per heavy atom. The number of para-hydroxylation sites is 1. The van der Waals surface area contributed by atoms with Crippen molar-refractivity contribution in [2.24, 2.45) is 7.05 Å². The second-order valence-electron chi connectivity index (χ2n) is 6.11. The minimum atomic E-state index is -0.241. The second-order valence-corrected chi connectivity index (χ2v) is 7.53. The number of nitrogens with zero attached hydrogens (tertiary/aromatic N) is 2. The molecule has 5 nitrogen and oxygen atoms in total. The van der Waals surface area contributed by atoms with Crippen LogP contribution in [0.5, 0.6) is 0 Å². The summed E-state index contributed by atoms with van der Waals surface area (Å²) >= 11 is 7.44. The first-order chi connectivity index (χ1) is 13.0. The molecule has 3 rings (SSSR count). The van der Waals surface area contributed by atoms with Crippen LogP contribution >= 0.6 is 23.4 Å². The summed E-state index contributed by atoms with van der Waals surface area (Å²) in [6.45, 7) is 1.82. The minimum absolute atomic E-state index is 0.201. The lowest BCUT2D eigenvalue weighted by Gasteiger charge is -2.07. The highest BCUT2D eigenvalue weighted by molar-refractivity contribution is 7.99. The van der Waals surface area contributed by atoms with Crippen molar-refractivity contribution >= 4 is 35.0 Å². The zero-order valence-corrected chi connectivity index (χ0v) is 16.7. The molecule has 1 N–H and O–H groups in total. The fourth-order valence-corrected chi connectivity index (χ4v) is 3.76. The molecule has 0 spiro atoms.